The number of carbonyl (C=O) groups is 1. The first-order chi connectivity index (χ1) is 17.6. The molecule has 0 N–H and O–H groups in total. The summed E-state index contributed by atoms with van der Waals surface area (Å²) in [4.78, 5) is 12.9. The van der Waals surface area contributed by atoms with E-state index in [4.69, 9.17) is 11.6 Å². The molecule has 1 aliphatic heterocycles. The highest BCUT2D eigenvalue weighted by atomic mass is 35.5. The Hall–Kier alpha value is -2.41. The third-order valence-electron chi connectivity index (χ3n) is 5.75. The molecule has 3 nitrogen and oxygen atoms in total. The van der Waals surface area contributed by atoms with Crippen molar-refractivity contribution < 1.29 is 79.4 Å². The van der Waals surface area contributed by atoms with Crippen LogP contribution in [0, 0.1) is 0 Å². The van der Waals surface area contributed by atoms with Crippen LogP contribution >= 0.6 is 11.6 Å². The fourth-order valence-corrected chi connectivity index (χ4v) is 3.44. The molecule has 230 valence electrons. The Morgan fingerprint density at radius 1 is 0.550 bits per heavy atom. The zero-order valence-corrected chi connectivity index (χ0v) is 19.5. The van der Waals surface area contributed by atoms with Crippen molar-refractivity contribution in [1.29, 1.82) is 0 Å². The summed E-state index contributed by atoms with van der Waals surface area (Å²) in [6.07, 6.45) is -7.83. The molecule has 0 bridgehead atoms. The van der Waals surface area contributed by atoms with Gasteiger partial charge in [0, 0.05) is 36.9 Å². The number of rotatable bonds is 8. The summed E-state index contributed by atoms with van der Waals surface area (Å²) in [5, 5.41) is 0.239. The van der Waals surface area contributed by atoms with Gasteiger partial charge in [0.2, 0.25) is 0 Å². The smallest absolute Gasteiger partial charge is 0.368 e. The number of carbonyl (C=O) groups excluding carboxylic acids is 1. The summed E-state index contributed by atoms with van der Waals surface area (Å²) >= 11 is 5.66. The van der Waals surface area contributed by atoms with E-state index >= 15 is 0 Å². The molecule has 1 aromatic carbocycles. The predicted octanol–water partition coefficient (Wildman–Crippen LogP) is 7.00. The minimum Gasteiger partial charge on any atom is -0.368 e. The zero-order valence-electron chi connectivity index (χ0n) is 18.7. The highest BCUT2D eigenvalue weighted by Crippen LogP contribution is 2.64. The van der Waals surface area contributed by atoms with Gasteiger partial charge in [-0.3, -0.25) is 4.79 Å². The van der Waals surface area contributed by atoms with Gasteiger partial charge in [-0.2, -0.15) is 74.6 Å². The second kappa shape index (κ2) is 9.85. The lowest BCUT2D eigenvalue weighted by atomic mass is 9.88. The van der Waals surface area contributed by atoms with Crippen molar-refractivity contribution in [1.82, 2.24) is 4.90 Å². The standard InChI is InChI=1S/C19H12ClF17N2O/c20-9-1-3-10(4-2-9)38-5-7-39(8-6-38)11(40)12(21,22)13(23,24)14(25,26)15(27,28)16(29,30)17(31,32)18(33,34)19(35,36)37/h1-4H,5-8H2. The molecule has 1 aliphatic rings. The van der Waals surface area contributed by atoms with Crippen LogP contribution in [-0.4, -0.2) is 84.6 Å². The van der Waals surface area contributed by atoms with Gasteiger partial charge in [-0.05, 0) is 24.3 Å². The highest BCUT2D eigenvalue weighted by Gasteiger charge is 2.95. The number of halogens is 18. The Kier molecular flexibility index (Phi) is 8.32. The van der Waals surface area contributed by atoms with E-state index in [2.05, 4.69) is 0 Å². The summed E-state index contributed by atoms with van der Waals surface area (Å²) in [6.45, 7) is -2.97. The van der Waals surface area contributed by atoms with E-state index in [0.29, 0.717) is 5.69 Å². The fraction of sp³-hybridized carbons (Fsp3) is 0.632. The number of amides is 1. The van der Waals surface area contributed by atoms with E-state index in [9.17, 15) is 79.4 Å². The lowest BCUT2D eigenvalue weighted by Gasteiger charge is -2.43. The monoisotopic (exact) mass is 642 g/mol. The summed E-state index contributed by atoms with van der Waals surface area (Å²) in [6, 6.07) is 5.41. The first kappa shape index (κ1) is 33.8. The van der Waals surface area contributed by atoms with Crippen molar-refractivity contribution in [2.75, 3.05) is 31.1 Å². The van der Waals surface area contributed by atoms with Gasteiger partial charge in [0.25, 0.3) is 5.91 Å². The minimum absolute atomic E-state index is 0.239. The highest BCUT2D eigenvalue weighted by molar-refractivity contribution is 6.30. The van der Waals surface area contributed by atoms with Crippen LogP contribution in [0.5, 0.6) is 0 Å². The number of alkyl halides is 17. The number of anilines is 1. The molecule has 21 heteroatoms. The van der Waals surface area contributed by atoms with E-state index in [1.165, 1.54) is 29.2 Å². The van der Waals surface area contributed by atoms with E-state index in [1.807, 2.05) is 0 Å². The molecular formula is C19H12ClF17N2O. The van der Waals surface area contributed by atoms with Crippen LogP contribution in [0.1, 0.15) is 0 Å². The largest absolute Gasteiger partial charge is 0.460 e. The van der Waals surface area contributed by atoms with Crippen LogP contribution in [-0.2, 0) is 4.79 Å². The Bertz CT molecular complexity index is 1080. The molecule has 0 radical (unpaired) electrons. The van der Waals surface area contributed by atoms with Gasteiger partial charge >= 0.3 is 47.6 Å². The molecule has 1 heterocycles. The van der Waals surface area contributed by atoms with Crippen molar-refractivity contribution >= 4 is 23.2 Å². The van der Waals surface area contributed by atoms with Crippen LogP contribution in [0.4, 0.5) is 80.3 Å². The van der Waals surface area contributed by atoms with Crippen molar-refractivity contribution in [2.24, 2.45) is 0 Å². The molecule has 1 amide bonds. The van der Waals surface area contributed by atoms with Crippen molar-refractivity contribution in [2.45, 2.75) is 47.6 Å². The van der Waals surface area contributed by atoms with Gasteiger partial charge in [-0.25, -0.2) is 0 Å². The Balaban J connectivity index is 2.39. The van der Waals surface area contributed by atoms with Crippen LogP contribution in [0.25, 0.3) is 0 Å². The number of piperazine rings is 1. The van der Waals surface area contributed by atoms with Crippen LogP contribution in [0.15, 0.2) is 24.3 Å². The molecule has 0 atom stereocenters. The Morgan fingerprint density at radius 3 is 1.27 bits per heavy atom. The molecule has 1 saturated heterocycles. The normalized spacial score (nSPS) is 17.4. The van der Waals surface area contributed by atoms with E-state index in [-0.39, 0.29) is 9.92 Å². The molecule has 1 aromatic rings. The van der Waals surface area contributed by atoms with Crippen molar-refractivity contribution in [3.05, 3.63) is 29.3 Å². The second-order valence-electron chi connectivity index (χ2n) is 8.27. The SMILES string of the molecule is O=C(N1CCN(c2ccc(Cl)cc2)CC1)C(F)(F)C(F)(F)C(F)(F)C(F)(F)C(F)(F)C(F)(F)C(F)(F)C(F)(F)F. The summed E-state index contributed by atoms with van der Waals surface area (Å²) < 4.78 is 228. The van der Waals surface area contributed by atoms with Gasteiger partial charge in [-0.1, -0.05) is 11.6 Å². The summed E-state index contributed by atoms with van der Waals surface area (Å²) in [5.74, 6) is -61.3. The topological polar surface area (TPSA) is 23.6 Å². The van der Waals surface area contributed by atoms with Crippen molar-refractivity contribution in [3.63, 3.8) is 0 Å². The van der Waals surface area contributed by atoms with Gasteiger partial charge in [0.1, 0.15) is 0 Å². The summed E-state index contributed by atoms with van der Waals surface area (Å²) in [5.41, 5.74) is 0.318. The summed E-state index contributed by atoms with van der Waals surface area (Å²) in [7, 11) is 0. The van der Waals surface area contributed by atoms with Gasteiger partial charge in [0.05, 0.1) is 0 Å². The molecule has 0 aliphatic carbocycles. The van der Waals surface area contributed by atoms with Gasteiger partial charge < -0.3 is 9.80 Å². The second-order valence-corrected chi connectivity index (χ2v) is 8.71. The minimum atomic E-state index is -8.74. The molecule has 0 spiro atoms. The lowest BCUT2D eigenvalue weighted by Crippen LogP contribution is -2.75. The predicted molar refractivity (Wildman–Crippen MR) is 101 cm³/mol. The molecule has 2 rings (SSSR count). The molecule has 40 heavy (non-hydrogen) atoms. The quantitative estimate of drug-likeness (QED) is 0.286. The zero-order chi connectivity index (χ0) is 31.5. The fourth-order valence-electron chi connectivity index (χ4n) is 3.32. The molecular weight excluding hydrogens is 631 g/mol. The molecule has 0 saturated carbocycles. The maximum atomic E-state index is 14.2. The van der Waals surface area contributed by atoms with Crippen LogP contribution < -0.4 is 4.90 Å². The Labute approximate surface area is 216 Å². The number of benzene rings is 1. The molecule has 0 aromatic heterocycles. The van der Waals surface area contributed by atoms with Crippen LogP contribution in [0.2, 0.25) is 5.02 Å². The lowest BCUT2D eigenvalue weighted by molar-refractivity contribution is -0.459. The number of hydrogen-bond acceptors (Lipinski definition) is 2. The molecule has 0 unspecified atom stereocenters. The maximum absolute atomic E-state index is 14.2. The number of hydrogen-bond donors (Lipinski definition) is 0. The molecule has 1 fully saturated rings. The van der Waals surface area contributed by atoms with E-state index in [0.717, 1.165) is 0 Å². The average molecular weight is 643 g/mol. The third kappa shape index (κ3) is 4.76. The Morgan fingerprint density at radius 2 is 0.900 bits per heavy atom. The van der Waals surface area contributed by atoms with Gasteiger partial charge in [0.15, 0.2) is 0 Å². The number of nitrogens with zero attached hydrogens (tertiary/aromatic N) is 2. The van der Waals surface area contributed by atoms with Gasteiger partial charge in [-0.15, -0.1) is 0 Å². The van der Waals surface area contributed by atoms with E-state index in [1.54, 1.807) is 0 Å². The average Bonchev–Trinajstić information content (AvgIpc) is 2.82. The maximum Gasteiger partial charge on any atom is 0.460 e. The third-order valence-corrected chi connectivity index (χ3v) is 6.00. The first-order valence-corrected chi connectivity index (χ1v) is 10.5. The van der Waals surface area contributed by atoms with E-state index < -0.39 is 79.7 Å². The van der Waals surface area contributed by atoms with Crippen molar-refractivity contribution in [3.8, 4) is 0 Å². The first-order valence-electron chi connectivity index (χ1n) is 10.1. The van der Waals surface area contributed by atoms with Crippen LogP contribution in [0.3, 0.4) is 0 Å².